The third-order valence-corrected chi connectivity index (χ3v) is 3.76. The molecule has 0 saturated carbocycles. The van der Waals surface area contributed by atoms with Crippen molar-refractivity contribution in [1.82, 2.24) is 29.1 Å². The van der Waals surface area contributed by atoms with Crippen molar-refractivity contribution in [2.75, 3.05) is 20.3 Å². The van der Waals surface area contributed by atoms with Gasteiger partial charge in [-0.15, -0.1) is 5.10 Å². The molecule has 0 amide bonds. The molecule has 9 heteroatoms. The SMILES string of the molecule is COCCNCc1cn(-c2c(Cl)ccc3nsnc23)nn1. The van der Waals surface area contributed by atoms with Crippen LogP contribution in [0.2, 0.25) is 5.02 Å². The maximum absolute atomic E-state index is 6.27. The Hall–Kier alpha value is -1.61. The van der Waals surface area contributed by atoms with E-state index in [1.807, 2.05) is 12.3 Å². The van der Waals surface area contributed by atoms with E-state index in [2.05, 4.69) is 24.4 Å². The maximum Gasteiger partial charge on any atom is 0.132 e. The monoisotopic (exact) mass is 324 g/mol. The van der Waals surface area contributed by atoms with Crippen LogP contribution in [-0.4, -0.2) is 44.0 Å². The standard InChI is InChI=1S/C12H13ClN6OS/c1-20-5-4-14-6-8-7-19(18-15-8)12-9(13)2-3-10-11(12)17-21-16-10/h2-3,7,14H,4-6H2,1H3. The molecule has 2 heterocycles. The van der Waals surface area contributed by atoms with Crippen LogP contribution in [0.4, 0.5) is 0 Å². The fraction of sp³-hybridized carbons (Fsp3) is 0.333. The van der Waals surface area contributed by atoms with E-state index < -0.39 is 0 Å². The summed E-state index contributed by atoms with van der Waals surface area (Å²) in [5.41, 5.74) is 3.06. The Morgan fingerprint density at radius 1 is 1.38 bits per heavy atom. The van der Waals surface area contributed by atoms with Gasteiger partial charge in [-0.05, 0) is 12.1 Å². The Bertz CT molecular complexity index is 742. The van der Waals surface area contributed by atoms with Gasteiger partial charge in [0.25, 0.3) is 0 Å². The van der Waals surface area contributed by atoms with Crippen molar-refractivity contribution in [2.45, 2.75) is 6.54 Å². The number of nitrogens with one attached hydrogen (secondary N) is 1. The number of hydrogen-bond acceptors (Lipinski definition) is 7. The van der Waals surface area contributed by atoms with E-state index in [-0.39, 0.29) is 0 Å². The second kappa shape index (κ2) is 6.44. The number of aromatic nitrogens is 5. The van der Waals surface area contributed by atoms with Gasteiger partial charge in [0.2, 0.25) is 0 Å². The Morgan fingerprint density at radius 2 is 2.29 bits per heavy atom. The van der Waals surface area contributed by atoms with Gasteiger partial charge in [-0.3, -0.25) is 0 Å². The largest absolute Gasteiger partial charge is 0.383 e. The van der Waals surface area contributed by atoms with Gasteiger partial charge in [0.05, 0.1) is 35.2 Å². The molecule has 3 rings (SSSR count). The van der Waals surface area contributed by atoms with Gasteiger partial charge in [-0.2, -0.15) is 8.75 Å². The van der Waals surface area contributed by atoms with Crippen LogP contribution >= 0.6 is 23.3 Å². The Balaban J connectivity index is 1.84. The number of rotatable bonds is 6. The van der Waals surface area contributed by atoms with Crippen molar-refractivity contribution >= 4 is 34.4 Å². The first kappa shape index (κ1) is 14.3. The zero-order valence-corrected chi connectivity index (χ0v) is 12.9. The van der Waals surface area contributed by atoms with E-state index >= 15 is 0 Å². The van der Waals surface area contributed by atoms with Gasteiger partial charge >= 0.3 is 0 Å². The highest BCUT2D eigenvalue weighted by Gasteiger charge is 2.13. The first-order chi connectivity index (χ1) is 10.3. The van der Waals surface area contributed by atoms with E-state index in [1.54, 1.807) is 17.9 Å². The lowest BCUT2D eigenvalue weighted by Crippen LogP contribution is -2.18. The lowest BCUT2D eigenvalue weighted by atomic mass is 10.2. The van der Waals surface area contributed by atoms with E-state index in [4.69, 9.17) is 16.3 Å². The quantitative estimate of drug-likeness (QED) is 0.695. The molecule has 1 N–H and O–H groups in total. The van der Waals surface area contributed by atoms with Crippen LogP contribution < -0.4 is 5.32 Å². The molecule has 0 aliphatic carbocycles. The fourth-order valence-electron chi connectivity index (χ4n) is 1.91. The molecular weight excluding hydrogens is 312 g/mol. The Kier molecular flexibility index (Phi) is 4.39. The van der Waals surface area contributed by atoms with Gasteiger partial charge in [-0.1, -0.05) is 16.8 Å². The second-order valence-corrected chi connectivity index (χ2v) is 5.29. The number of halogens is 1. The number of ether oxygens (including phenoxy) is 1. The molecule has 0 unspecified atom stereocenters. The summed E-state index contributed by atoms with van der Waals surface area (Å²) in [5, 5.41) is 12.0. The van der Waals surface area contributed by atoms with E-state index in [0.717, 1.165) is 35.0 Å². The summed E-state index contributed by atoms with van der Waals surface area (Å²) in [6, 6.07) is 3.63. The molecule has 0 bridgehead atoms. The summed E-state index contributed by atoms with van der Waals surface area (Å²) in [7, 11) is 1.67. The number of fused-ring (bicyclic) bond motifs is 1. The topological polar surface area (TPSA) is 77.8 Å². The van der Waals surface area contributed by atoms with Crippen LogP contribution in [0.1, 0.15) is 5.69 Å². The summed E-state index contributed by atoms with van der Waals surface area (Å²) in [5.74, 6) is 0. The molecule has 0 saturated heterocycles. The zero-order chi connectivity index (χ0) is 14.7. The smallest absolute Gasteiger partial charge is 0.132 e. The molecular formula is C12H13ClN6OS. The Labute approximate surface area is 130 Å². The molecule has 1 aromatic carbocycles. The third kappa shape index (κ3) is 3.03. The summed E-state index contributed by atoms with van der Waals surface area (Å²) in [6.45, 7) is 2.03. The first-order valence-corrected chi connectivity index (χ1v) is 7.42. The molecule has 0 aliphatic heterocycles. The minimum Gasteiger partial charge on any atom is -0.383 e. The van der Waals surface area contributed by atoms with Gasteiger partial charge in [-0.25, -0.2) is 4.68 Å². The fourth-order valence-corrected chi connectivity index (χ4v) is 2.69. The minimum atomic E-state index is 0.569. The molecule has 110 valence electrons. The van der Waals surface area contributed by atoms with Crippen LogP contribution in [0.5, 0.6) is 0 Å². The van der Waals surface area contributed by atoms with Gasteiger partial charge in [0.1, 0.15) is 16.7 Å². The second-order valence-electron chi connectivity index (χ2n) is 4.35. The van der Waals surface area contributed by atoms with Crippen LogP contribution in [0.25, 0.3) is 16.7 Å². The number of hydrogen-bond donors (Lipinski definition) is 1. The van der Waals surface area contributed by atoms with E-state index in [0.29, 0.717) is 23.9 Å². The minimum absolute atomic E-state index is 0.569. The zero-order valence-electron chi connectivity index (χ0n) is 11.3. The summed E-state index contributed by atoms with van der Waals surface area (Å²) >= 11 is 7.42. The summed E-state index contributed by atoms with van der Waals surface area (Å²) in [6.07, 6.45) is 1.83. The highest BCUT2D eigenvalue weighted by atomic mass is 35.5. The van der Waals surface area contributed by atoms with Crippen molar-refractivity contribution in [2.24, 2.45) is 0 Å². The van der Waals surface area contributed by atoms with Gasteiger partial charge in [0.15, 0.2) is 0 Å². The number of benzene rings is 1. The summed E-state index contributed by atoms with van der Waals surface area (Å²) in [4.78, 5) is 0. The molecule has 0 atom stereocenters. The van der Waals surface area contributed by atoms with Crippen molar-refractivity contribution in [3.05, 3.63) is 29.0 Å². The average molecular weight is 325 g/mol. The van der Waals surface area contributed by atoms with Crippen molar-refractivity contribution < 1.29 is 4.74 Å². The average Bonchev–Trinajstić information content (AvgIpc) is 3.12. The highest BCUT2D eigenvalue weighted by molar-refractivity contribution is 7.00. The van der Waals surface area contributed by atoms with Crippen molar-refractivity contribution in [3.8, 4) is 5.69 Å². The lowest BCUT2D eigenvalue weighted by molar-refractivity contribution is 0.199. The van der Waals surface area contributed by atoms with Crippen LogP contribution in [0.15, 0.2) is 18.3 Å². The molecule has 0 fully saturated rings. The Morgan fingerprint density at radius 3 is 3.14 bits per heavy atom. The molecule has 0 radical (unpaired) electrons. The number of nitrogens with zero attached hydrogens (tertiary/aromatic N) is 5. The normalized spacial score (nSPS) is 11.3. The molecule has 0 aliphatic rings. The maximum atomic E-state index is 6.27. The molecule has 7 nitrogen and oxygen atoms in total. The third-order valence-electron chi connectivity index (χ3n) is 2.91. The number of methoxy groups -OCH3 is 1. The molecule has 3 aromatic rings. The van der Waals surface area contributed by atoms with Crippen LogP contribution in [-0.2, 0) is 11.3 Å². The van der Waals surface area contributed by atoms with Crippen LogP contribution in [0, 0.1) is 0 Å². The highest BCUT2D eigenvalue weighted by Crippen LogP contribution is 2.27. The predicted octanol–water partition coefficient (Wildman–Crippen LogP) is 1.66. The van der Waals surface area contributed by atoms with E-state index in [1.165, 1.54) is 0 Å². The predicted molar refractivity (Wildman–Crippen MR) is 80.9 cm³/mol. The summed E-state index contributed by atoms with van der Waals surface area (Å²) < 4.78 is 15.1. The molecule has 21 heavy (non-hydrogen) atoms. The molecule has 0 spiro atoms. The van der Waals surface area contributed by atoms with Gasteiger partial charge in [0, 0.05) is 20.2 Å². The molecule has 2 aromatic heterocycles. The van der Waals surface area contributed by atoms with Crippen molar-refractivity contribution in [3.63, 3.8) is 0 Å². The lowest BCUT2D eigenvalue weighted by Gasteiger charge is -2.03. The van der Waals surface area contributed by atoms with Crippen molar-refractivity contribution in [1.29, 1.82) is 0 Å². The van der Waals surface area contributed by atoms with Gasteiger partial charge < -0.3 is 10.1 Å². The van der Waals surface area contributed by atoms with E-state index in [9.17, 15) is 0 Å². The van der Waals surface area contributed by atoms with Crippen LogP contribution in [0.3, 0.4) is 0 Å². The first-order valence-electron chi connectivity index (χ1n) is 6.31.